The highest BCUT2D eigenvalue weighted by atomic mass is 15.0. The first-order chi connectivity index (χ1) is 14.2. The molecule has 0 bridgehead atoms. The van der Waals surface area contributed by atoms with Gasteiger partial charge in [-0.05, 0) is 25.0 Å². The lowest BCUT2D eigenvalue weighted by molar-refractivity contribution is 0.557. The van der Waals surface area contributed by atoms with Gasteiger partial charge < -0.3 is 26.6 Å². The van der Waals surface area contributed by atoms with Crippen LogP contribution in [0.5, 0.6) is 0 Å². The zero-order valence-corrected chi connectivity index (χ0v) is 18.2. The van der Waals surface area contributed by atoms with Gasteiger partial charge in [0.2, 0.25) is 0 Å². The van der Waals surface area contributed by atoms with Crippen molar-refractivity contribution in [1.29, 1.82) is 0 Å². The molecule has 0 radical (unpaired) electrons. The summed E-state index contributed by atoms with van der Waals surface area (Å²) in [7, 11) is 0. The molecule has 0 saturated heterocycles. The second-order valence-corrected chi connectivity index (χ2v) is 7.58. The van der Waals surface area contributed by atoms with E-state index in [-0.39, 0.29) is 0 Å². The molecule has 0 spiro atoms. The van der Waals surface area contributed by atoms with Crippen LogP contribution in [0.3, 0.4) is 0 Å². The normalized spacial score (nSPS) is 11.1. The predicted octanol–water partition coefficient (Wildman–Crippen LogP) is 1.95. The maximum Gasteiger partial charge on any atom is 0.0206 e. The van der Waals surface area contributed by atoms with Crippen molar-refractivity contribution in [2.45, 2.75) is 26.9 Å². The molecule has 0 atom stereocenters. The Hall–Kier alpha value is -1.76. The molecule has 2 aromatic rings. The topological polar surface area (TPSA) is 60.1 Å². The first kappa shape index (κ1) is 23.5. The zero-order valence-electron chi connectivity index (χ0n) is 18.2. The summed E-state index contributed by atoms with van der Waals surface area (Å²) in [6, 6.07) is 17.3. The Morgan fingerprint density at radius 2 is 0.828 bits per heavy atom. The second-order valence-electron chi connectivity index (χ2n) is 7.58. The Kier molecular flexibility index (Phi) is 12.3. The summed E-state index contributed by atoms with van der Waals surface area (Å²) in [5.41, 5.74) is 5.34. The summed E-state index contributed by atoms with van der Waals surface area (Å²) < 4.78 is 0. The van der Waals surface area contributed by atoms with Crippen LogP contribution in [0.15, 0.2) is 48.5 Å². The van der Waals surface area contributed by atoms with E-state index in [1.54, 1.807) is 0 Å². The Bertz CT molecular complexity index is 616. The SMILES string of the molecule is Cc1cccc(CNCCNCCNCCNCCNCc2cccc(C)c2)c1. The van der Waals surface area contributed by atoms with Crippen molar-refractivity contribution in [3.63, 3.8) is 0 Å². The lowest BCUT2D eigenvalue weighted by atomic mass is 10.1. The third-order valence-corrected chi connectivity index (χ3v) is 4.74. The minimum atomic E-state index is 0.938. The molecule has 5 nitrogen and oxygen atoms in total. The van der Waals surface area contributed by atoms with E-state index in [4.69, 9.17) is 0 Å². The van der Waals surface area contributed by atoms with Gasteiger partial charge in [-0.15, -0.1) is 0 Å². The molecule has 160 valence electrons. The van der Waals surface area contributed by atoms with E-state index in [1.807, 2.05) is 0 Å². The van der Waals surface area contributed by atoms with Gasteiger partial charge in [-0.1, -0.05) is 59.7 Å². The third kappa shape index (κ3) is 11.7. The molecule has 0 aromatic heterocycles. The molecule has 2 aromatic carbocycles. The Balaban J connectivity index is 1.30. The summed E-state index contributed by atoms with van der Waals surface area (Å²) in [4.78, 5) is 0. The van der Waals surface area contributed by atoms with Gasteiger partial charge in [-0.3, -0.25) is 0 Å². The maximum atomic E-state index is 3.48. The van der Waals surface area contributed by atoms with Crippen LogP contribution in [0.1, 0.15) is 22.3 Å². The smallest absolute Gasteiger partial charge is 0.0206 e. The monoisotopic (exact) mass is 397 g/mol. The summed E-state index contributed by atoms with van der Waals surface area (Å²) in [5, 5.41) is 17.4. The molecule has 0 unspecified atom stereocenters. The standard InChI is InChI=1S/C24H39N5/c1-21-5-3-7-23(17-21)19-28-15-13-26-11-9-25-10-12-27-14-16-29-20-24-8-4-6-22(2)18-24/h3-8,17-18,25-29H,9-16,19-20H2,1-2H3. The van der Waals surface area contributed by atoms with E-state index in [1.165, 1.54) is 22.3 Å². The van der Waals surface area contributed by atoms with E-state index in [9.17, 15) is 0 Å². The number of hydrogen-bond acceptors (Lipinski definition) is 5. The van der Waals surface area contributed by atoms with Crippen LogP contribution in [0.25, 0.3) is 0 Å². The van der Waals surface area contributed by atoms with Crippen LogP contribution in [0.4, 0.5) is 0 Å². The molecule has 5 N–H and O–H groups in total. The fourth-order valence-electron chi connectivity index (χ4n) is 3.19. The quantitative estimate of drug-likeness (QED) is 0.280. The number of benzene rings is 2. The lowest BCUT2D eigenvalue weighted by Crippen LogP contribution is -2.36. The van der Waals surface area contributed by atoms with Gasteiger partial charge in [0.05, 0.1) is 0 Å². The van der Waals surface area contributed by atoms with Crippen LogP contribution in [0, 0.1) is 13.8 Å². The molecule has 0 aliphatic heterocycles. The Labute approximate surface area is 177 Å². The van der Waals surface area contributed by atoms with Gasteiger partial charge >= 0.3 is 0 Å². The highest BCUT2D eigenvalue weighted by Crippen LogP contribution is 2.03. The first-order valence-electron chi connectivity index (χ1n) is 10.9. The summed E-state index contributed by atoms with van der Waals surface area (Å²) in [5.74, 6) is 0. The van der Waals surface area contributed by atoms with Gasteiger partial charge in [-0.25, -0.2) is 0 Å². The van der Waals surface area contributed by atoms with Crippen molar-refractivity contribution in [3.05, 3.63) is 70.8 Å². The average Bonchev–Trinajstić information content (AvgIpc) is 2.71. The Morgan fingerprint density at radius 3 is 1.17 bits per heavy atom. The largest absolute Gasteiger partial charge is 0.314 e. The van der Waals surface area contributed by atoms with Crippen molar-refractivity contribution >= 4 is 0 Å². The maximum absolute atomic E-state index is 3.48. The van der Waals surface area contributed by atoms with E-state index in [2.05, 4.69) is 89.0 Å². The van der Waals surface area contributed by atoms with E-state index >= 15 is 0 Å². The van der Waals surface area contributed by atoms with E-state index in [0.29, 0.717) is 0 Å². The fourth-order valence-corrected chi connectivity index (χ4v) is 3.19. The minimum Gasteiger partial charge on any atom is -0.314 e. The molecule has 0 amide bonds. The summed E-state index contributed by atoms with van der Waals surface area (Å²) in [6.45, 7) is 14.1. The van der Waals surface area contributed by atoms with Gasteiger partial charge in [0, 0.05) is 65.4 Å². The van der Waals surface area contributed by atoms with Crippen molar-refractivity contribution in [2.24, 2.45) is 0 Å². The lowest BCUT2D eigenvalue weighted by Gasteiger charge is -2.09. The van der Waals surface area contributed by atoms with Crippen LogP contribution in [0.2, 0.25) is 0 Å². The molecule has 2 rings (SSSR count). The first-order valence-corrected chi connectivity index (χ1v) is 10.9. The minimum absolute atomic E-state index is 0.938. The second kappa shape index (κ2) is 15.1. The van der Waals surface area contributed by atoms with Crippen molar-refractivity contribution < 1.29 is 0 Å². The van der Waals surface area contributed by atoms with E-state index < -0.39 is 0 Å². The predicted molar refractivity (Wildman–Crippen MR) is 124 cm³/mol. The summed E-state index contributed by atoms with van der Waals surface area (Å²) in [6.07, 6.45) is 0. The number of nitrogens with one attached hydrogen (secondary N) is 5. The number of hydrogen-bond donors (Lipinski definition) is 5. The molecule has 0 aliphatic rings. The molecule has 0 heterocycles. The van der Waals surface area contributed by atoms with Gasteiger partial charge in [0.15, 0.2) is 0 Å². The zero-order chi connectivity index (χ0) is 20.6. The molecular weight excluding hydrogens is 358 g/mol. The van der Waals surface area contributed by atoms with Crippen LogP contribution in [-0.2, 0) is 13.1 Å². The van der Waals surface area contributed by atoms with E-state index in [0.717, 1.165) is 65.4 Å². The molecule has 0 saturated carbocycles. The molecule has 0 aliphatic carbocycles. The van der Waals surface area contributed by atoms with Crippen LogP contribution >= 0.6 is 0 Å². The van der Waals surface area contributed by atoms with Crippen molar-refractivity contribution in [3.8, 4) is 0 Å². The van der Waals surface area contributed by atoms with Gasteiger partial charge in [0.25, 0.3) is 0 Å². The molecular formula is C24H39N5. The Morgan fingerprint density at radius 1 is 0.483 bits per heavy atom. The highest BCUT2D eigenvalue weighted by molar-refractivity contribution is 5.22. The number of rotatable bonds is 16. The van der Waals surface area contributed by atoms with Gasteiger partial charge in [0.1, 0.15) is 0 Å². The van der Waals surface area contributed by atoms with Crippen LogP contribution in [-0.4, -0.2) is 52.4 Å². The van der Waals surface area contributed by atoms with Gasteiger partial charge in [-0.2, -0.15) is 0 Å². The summed E-state index contributed by atoms with van der Waals surface area (Å²) >= 11 is 0. The van der Waals surface area contributed by atoms with Crippen molar-refractivity contribution in [1.82, 2.24) is 26.6 Å². The number of aryl methyl sites for hydroxylation is 2. The molecule has 5 heteroatoms. The highest BCUT2D eigenvalue weighted by Gasteiger charge is 1.95. The van der Waals surface area contributed by atoms with Crippen LogP contribution < -0.4 is 26.6 Å². The molecule has 29 heavy (non-hydrogen) atoms. The third-order valence-electron chi connectivity index (χ3n) is 4.74. The average molecular weight is 398 g/mol. The van der Waals surface area contributed by atoms with Crippen molar-refractivity contribution in [2.75, 3.05) is 52.4 Å². The fraction of sp³-hybridized carbons (Fsp3) is 0.500. The molecule has 0 fully saturated rings.